The largest absolute Gasteiger partial charge is 0.353 e. The highest BCUT2D eigenvalue weighted by Crippen LogP contribution is 2.36. The molecule has 1 aromatic carbocycles. The van der Waals surface area contributed by atoms with Crippen LogP contribution >= 0.6 is 23.1 Å². The van der Waals surface area contributed by atoms with Crippen LogP contribution in [0.15, 0.2) is 30.3 Å². The van der Waals surface area contributed by atoms with Crippen molar-refractivity contribution < 1.29 is 4.79 Å². The van der Waals surface area contributed by atoms with Crippen LogP contribution in [0, 0.1) is 6.92 Å². The van der Waals surface area contributed by atoms with E-state index in [1.54, 1.807) is 11.3 Å². The summed E-state index contributed by atoms with van der Waals surface area (Å²) in [6.07, 6.45) is 0.936. The first-order valence-electron chi connectivity index (χ1n) is 10.8. The smallest absolute Gasteiger partial charge is 0.240 e. The molecule has 1 aromatic heterocycles. The number of thioether (sulfide) groups is 1. The molecule has 1 amide bonds. The molecule has 0 unspecified atom stereocenters. The highest BCUT2D eigenvalue weighted by Gasteiger charge is 2.37. The lowest BCUT2D eigenvalue weighted by Gasteiger charge is -2.38. The number of carbonyl (C=O) groups excluding carboxylic acids is 1. The molecule has 0 spiro atoms. The summed E-state index contributed by atoms with van der Waals surface area (Å²) in [5.41, 5.74) is 1.25. The number of nitrogens with zero attached hydrogens (tertiary/aromatic N) is 4. The van der Waals surface area contributed by atoms with E-state index in [1.807, 2.05) is 16.7 Å². The lowest BCUT2D eigenvalue weighted by atomic mass is 10.1. The number of hydrogen-bond acceptors (Lipinski definition) is 7. The first-order chi connectivity index (χ1) is 14.7. The minimum atomic E-state index is -0.00222. The molecule has 0 saturated carbocycles. The zero-order chi connectivity index (χ0) is 20.5. The number of hydrogen-bond donors (Lipinski definition) is 1. The van der Waals surface area contributed by atoms with Crippen LogP contribution in [0.3, 0.4) is 0 Å². The molecule has 3 saturated heterocycles. The number of aromatic nitrogens is 1. The van der Waals surface area contributed by atoms with Crippen LogP contribution in [-0.2, 0) is 4.79 Å². The van der Waals surface area contributed by atoms with Crippen LogP contribution in [0.4, 0.5) is 5.82 Å². The van der Waals surface area contributed by atoms with E-state index in [4.69, 9.17) is 4.98 Å². The van der Waals surface area contributed by atoms with Crippen LogP contribution in [0.2, 0.25) is 0 Å². The second kappa shape index (κ2) is 8.86. The number of anilines is 1. The highest BCUT2D eigenvalue weighted by atomic mass is 32.2. The van der Waals surface area contributed by atoms with Crippen molar-refractivity contribution in [2.24, 2.45) is 0 Å². The number of rotatable bonds is 4. The van der Waals surface area contributed by atoms with E-state index < -0.39 is 0 Å². The summed E-state index contributed by atoms with van der Waals surface area (Å²) in [4.78, 5) is 25.9. The van der Waals surface area contributed by atoms with Crippen molar-refractivity contribution in [1.29, 1.82) is 0 Å². The highest BCUT2D eigenvalue weighted by molar-refractivity contribution is 7.99. The average Bonchev–Trinajstić information content (AvgIpc) is 3.55. The fraction of sp³-hybridized carbons (Fsp3) is 0.545. The molecule has 160 valence electrons. The molecular formula is C22H29N5OS2. The zero-order valence-corrected chi connectivity index (χ0v) is 19.1. The number of amides is 1. The summed E-state index contributed by atoms with van der Waals surface area (Å²) in [5.74, 6) is 3.36. The summed E-state index contributed by atoms with van der Waals surface area (Å²) in [7, 11) is 0. The predicted molar refractivity (Wildman–Crippen MR) is 125 cm³/mol. The summed E-state index contributed by atoms with van der Waals surface area (Å²) in [6, 6.07) is 11.1. The van der Waals surface area contributed by atoms with Gasteiger partial charge in [0.1, 0.15) is 5.82 Å². The number of aryl methyl sites for hydroxylation is 1. The normalized spacial score (nSPS) is 25.2. The Morgan fingerprint density at radius 2 is 1.93 bits per heavy atom. The fourth-order valence-electron chi connectivity index (χ4n) is 4.70. The third-order valence-electron chi connectivity index (χ3n) is 6.35. The third kappa shape index (κ3) is 4.10. The van der Waals surface area contributed by atoms with E-state index >= 15 is 0 Å². The minimum absolute atomic E-state index is 0.00222. The Kier molecular flexibility index (Phi) is 6.00. The van der Waals surface area contributed by atoms with Gasteiger partial charge in [-0.3, -0.25) is 9.69 Å². The van der Waals surface area contributed by atoms with Crippen LogP contribution < -0.4 is 10.2 Å². The van der Waals surface area contributed by atoms with E-state index in [9.17, 15) is 4.79 Å². The third-order valence-corrected chi connectivity index (χ3v) is 8.33. The number of benzene rings is 1. The van der Waals surface area contributed by atoms with Gasteiger partial charge in [0.15, 0.2) is 0 Å². The Hall–Kier alpha value is -1.61. The monoisotopic (exact) mass is 443 g/mol. The maximum atomic E-state index is 12.7. The van der Waals surface area contributed by atoms with Gasteiger partial charge in [0.2, 0.25) is 5.91 Å². The molecule has 30 heavy (non-hydrogen) atoms. The predicted octanol–water partition coefficient (Wildman–Crippen LogP) is 2.50. The Balaban J connectivity index is 1.20. The molecule has 0 bridgehead atoms. The van der Waals surface area contributed by atoms with Gasteiger partial charge in [-0.15, -0.1) is 23.1 Å². The van der Waals surface area contributed by atoms with Crippen molar-refractivity contribution in [2.75, 3.05) is 55.8 Å². The number of carbonyl (C=O) groups is 1. The molecule has 6 nitrogen and oxygen atoms in total. The van der Waals surface area contributed by atoms with Gasteiger partial charge in [0, 0.05) is 51.1 Å². The van der Waals surface area contributed by atoms with Gasteiger partial charge in [-0.25, -0.2) is 4.98 Å². The average molecular weight is 444 g/mol. The van der Waals surface area contributed by atoms with E-state index in [2.05, 4.69) is 52.4 Å². The second-order valence-corrected chi connectivity index (χ2v) is 10.5. The molecule has 2 atom stereocenters. The van der Waals surface area contributed by atoms with Crippen LogP contribution in [0.1, 0.15) is 11.4 Å². The van der Waals surface area contributed by atoms with Crippen molar-refractivity contribution in [3.63, 3.8) is 0 Å². The van der Waals surface area contributed by atoms with Gasteiger partial charge < -0.3 is 15.1 Å². The molecule has 1 N–H and O–H groups in total. The van der Waals surface area contributed by atoms with Crippen molar-refractivity contribution in [1.82, 2.24) is 20.1 Å². The van der Waals surface area contributed by atoms with Gasteiger partial charge in [-0.1, -0.05) is 30.3 Å². The Morgan fingerprint density at radius 3 is 2.67 bits per heavy atom. The van der Waals surface area contributed by atoms with Crippen molar-refractivity contribution >= 4 is 34.8 Å². The zero-order valence-electron chi connectivity index (χ0n) is 17.4. The lowest BCUT2D eigenvalue weighted by Crippen LogP contribution is -2.51. The van der Waals surface area contributed by atoms with Crippen molar-refractivity contribution in [3.8, 4) is 10.4 Å². The number of piperazine rings is 1. The van der Waals surface area contributed by atoms with Gasteiger partial charge >= 0.3 is 0 Å². The number of thiazole rings is 1. The molecule has 3 aliphatic rings. The molecule has 2 aromatic rings. The summed E-state index contributed by atoms with van der Waals surface area (Å²) in [5, 5.41) is 4.61. The Morgan fingerprint density at radius 1 is 1.13 bits per heavy atom. The molecule has 3 fully saturated rings. The van der Waals surface area contributed by atoms with E-state index in [-0.39, 0.29) is 6.04 Å². The maximum absolute atomic E-state index is 12.7. The standard InChI is InChI=1S/C22H29N5OS2/c1-16-24-21(20(30-16)17-5-3-2-4-6-17)26-9-7-25(8-10-26)18-13-19(23-14-18)22(28)27-11-12-29-15-27/h2-6,18-19,23H,7-15H2,1H3/t18-,19-/m0/s1. The van der Waals surface area contributed by atoms with Gasteiger partial charge in [0.05, 0.1) is 21.8 Å². The van der Waals surface area contributed by atoms with Crippen LogP contribution in [0.25, 0.3) is 10.4 Å². The maximum Gasteiger partial charge on any atom is 0.240 e. The van der Waals surface area contributed by atoms with E-state index in [0.717, 1.165) is 68.1 Å². The minimum Gasteiger partial charge on any atom is -0.353 e. The first kappa shape index (κ1) is 20.3. The van der Waals surface area contributed by atoms with Crippen molar-refractivity contribution in [3.05, 3.63) is 35.3 Å². The van der Waals surface area contributed by atoms with Crippen LogP contribution in [0.5, 0.6) is 0 Å². The molecule has 4 heterocycles. The van der Waals surface area contributed by atoms with Crippen molar-refractivity contribution in [2.45, 2.75) is 25.4 Å². The first-order valence-corrected chi connectivity index (χ1v) is 12.8. The number of nitrogens with one attached hydrogen (secondary N) is 1. The van der Waals surface area contributed by atoms with E-state index in [0.29, 0.717) is 11.9 Å². The summed E-state index contributed by atoms with van der Waals surface area (Å²) in [6.45, 7) is 7.94. The van der Waals surface area contributed by atoms with E-state index in [1.165, 1.54) is 10.4 Å². The fourth-order valence-corrected chi connectivity index (χ4v) is 6.60. The summed E-state index contributed by atoms with van der Waals surface area (Å²) >= 11 is 3.64. The SMILES string of the molecule is Cc1nc(N2CCN([C@@H]3CN[C@H](C(=O)N4CCSC4)C3)CC2)c(-c2ccccc2)s1. The van der Waals surface area contributed by atoms with Gasteiger partial charge in [0.25, 0.3) is 0 Å². The lowest BCUT2D eigenvalue weighted by molar-refractivity contribution is -0.131. The van der Waals surface area contributed by atoms with Gasteiger partial charge in [-0.05, 0) is 18.9 Å². The summed E-state index contributed by atoms with van der Waals surface area (Å²) < 4.78 is 0. The van der Waals surface area contributed by atoms with Gasteiger partial charge in [-0.2, -0.15) is 0 Å². The molecule has 8 heteroatoms. The Labute approximate surface area is 186 Å². The van der Waals surface area contributed by atoms with Crippen LogP contribution in [-0.4, -0.2) is 83.7 Å². The Bertz CT molecular complexity index is 875. The molecule has 0 aliphatic carbocycles. The molecular weight excluding hydrogens is 414 g/mol. The quantitative estimate of drug-likeness (QED) is 0.784. The topological polar surface area (TPSA) is 51.7 Å². The molecule has 0 radical (unpaired) electrons. The molecule has 3 aliphatic heterocycles. The second-order valence-electron chi connectivity index (χ2n) is 8.26. The molecule has 5 rings (SSSR count).